The molecule has 2 N–H and O–H groups in total. The van der Waals surface area contributed by atoms with E-state index in [-0.39, 0.29) is 25.2 Å². The van der Waals surface area contributed by atoms with Gasteiger partial charge in [0.25, 0.3) is 0 Å². The summed E-state index contributed by atoms with van der Waals surface area (Å²) in [6.45, 7) is 2.84. The Morgan fingerprint density at radius 3 is 3.00 bits per heavy atom. The third-order valence-electron chi connectivity index (χ3n) is 3.37. The number of carboxylic acid groups (broad SMARTS) is 1. The van der Waals surface area contributed by atoms with Gasteiger partial charge in [0.15, 0.2) is 0 Å². The number of aromatic nitrogens is 3. The Hall–Kier alpha value is -2.12. The molecule has 1 aromatic rings. The number of piperidine rings is 1. The Kier molecular flexibility index (Phi) is 4.54. The van der Waals surface area contributed by atoms with E-state index in [0.29, 0.717) is 5.69 Å². The molecule has 0 bridgehead atoms. The van der Waals surface area contributed by atoms with Crippen LogP contribution in [0.4, 0.5) is 4.79 Å². The molecule has 0 saturated carbocycles. The van der Waals surface area contributed by atoms with Crippen molar-refractivity contribution in [3.8, 4) is 0 Å². The summed E-state index contributed by atoms with van der Waals surface area (Å²) in [5, 5.41) is 18.9. The summed E-state index contributed by atoms with van der Waals surface area (Å²) in [5.74, 6) is -0.979. The molecule has 20 heavy (non-hydrogen) atoms. The van der Waals surface area contributed by atoms with Gasteiger partial charge in [0.2, 0.25) is 0 Å². The fourth-order valence-corrected chi connectivity index (χ4v) is 2.30. The molecule has 1 atom stereocenters. The molecule has 1 fully saturated rings. The molecule has 0 aromatic carbocycles. The third-order valence-corrected chi connectivity index (χ3v) is 3.37. The quantitative estimate of drug-likeness (QED) is 0.834. The van der Waals surface area contributed by atoms with Crippen molar-refractivity contribution in [2.75, 3.05) is 6.54 Å². The number of urea groups is 1. The molecule has 1 aromatic heterocycles. The zero-order chi connectivity index (χ0) is 14.5. The largest absolute Gasteiger partial charge is 0.480 e. The first-order valence-corrected chi connectivity index (χ1v) is 6.71. The number of amides is 2. The minimum atomic E-state index is -0.979. The topological polar surface area (TPSA) is 100 Å². The van der Waals surface area contributed by atoms with Gasteiger partial charge in [-0.25, -0.2) is 9.48 Å². The maximum Gasteiger partial charge on any atom is 0.325 e. The van der Waals surface area contributed by atoms with Crippen LogP contribution in [0.5, 0.6) is 0 Å². The molecular weight excluding hydrogens is 262 g/mol. The number of hydrogen-bond donors (Lipinski definition) is 2. The van der Waals surface area contributed by atoms with Gasteiger partial charge in [0.1, 0.15) is 12.2 Å². The zero-order valence-electron chi connectivity index (χ0n) is 11.4. The SMILES string of the molecule is CC1CCCCN1C(=O)NCc1cn(CC(=O)O)nn1. The Morgan fingerprint density at radius 2 is 2.30 bits per heavy atom. The maximum atomic E-state index is 12.0. The Bertz CT molecular complexity index is 487. The van der Waals surface area contributed by atoms with E-state index in [2.05, 4.69) is 15.6 Å². The first-order valence-electron chi connectivity index (χ1n) is 6.71. The van der Waals surface area contributed by atoms with Gasteiger partial charge in [-0.05, 0) is 26.2 Å². The summed E-state index contributed by atoms with van der Waals surface area (Å²) >= 11 is 0. The summed E-state index contributed by atoms with van der Waals surface area (Å²) < 4.78 is 1.23. The number of hydrogen-bond acceptors (Lipinski definition) is 4. The van der Waals surface area contributed by atoms with Gasteiger partial charge in [-0.1, -0.05) is 5.21 Å². The van der Waals surface area contributed by atoms with Crippen LogP contribution in [0.25, 0.3) is 0 Å². The molecule has 2 heterocycles. The number of likely N-dealkylation sites (tertiary alicyclic amines) is 1. The van der Waals surface area contributed by atoms with Crippen LogP contribution in [0.15, 0.2) is 6.20 Å². The average molecular weight is 281 g/mol. The molecule has 1 aliphatic heterocycles. The van der Waals surface area contributed by atoms with Crippen molar-refractivity contribution in [2.45, 2.75) is 45.3 Å². The lowest BCUT2D eigenvalue weighted by atomic mass is 10.0. The lowest BCUT2D eigenvalue weighted by Gasteiger charge is -2.33. The number of aliphatic carboxylic acids is 1. The van der Waals surface area contributed by atoms with E-state index in [1.54, 1.807) is 0 Å². The zero-order valence-corrected chi connectivity index (χ0v) is 11.4. The van der Waals surface area contributed by atoms with E-state index in [9.17, 15) is 9.59 Å². The first kappa shape index (κ1) is 14.3. The van der Waals surface area contributed by atoms with Crippen molar-refractivity contribution in [2.24, 2.45) is 0 Å². The van der Waals surface area contributed by atoms with Gasteiger partial charge in [-0.3, -0.25) is 4.79 Å². The van der Waals surface area contributed by atoms with Crippen LogP contribution in [0.2, 0.25) is 0 Å². The second-order valence-electron chi connectivity index (χ2n) is 5.00. The smallest absolute Gasteiger partial charge is 0.325 e. The molecular formula is C12H19N5O3. The van der Waals surface area contributed by atoms with Crippen molar-refractivity contribution >= 4 is 12.0 Å². The molecule has 110 valence electrons. The van der Waals surface area contributed by atoms with Crippen molar-refractivity contribution < 1.29 is 14.7 Å². The molecule has 1 aliphatic rings. The van der Waals surface area contributed by atoms with Crippen molar-refractivity contribution in [1.29, 1.82) is 0 Å². The van der Waals surface area contributed by atoms with Crippen LogP contribution in [-0.4, -0.2) is 49.6 Å². The van der Waals surface area contributed by atoms with E-state index in [1.165, 1.54) is 10.9 Å². The first-order chi connectivity index (χ1) is 9.56. The average Bonchev–Trinajstić information content (AvgIpc) is 2.83. The number of nitrogens with one attached hydrogen (secondary N) is 1. The minimum Gasteiger partial charge on any atom is -0.480 e. The fraction of sp³-hybridized carbons (Fsp3) is 0.667. The highest BCUT2D eigenvalue weighted by Gasteiger charge is 2.22. The van der Waals surface area contributed by atoms with Gasteiger partial charge in [-0.2, -0.15) is 0 Å². The fourth-order valence-electron chi connectivity index (χ4n) is 2.30. The molecule has 1 saturated heterocycles. The lowest BCUT2D eigenvalue weighted by Crippen LogP contribution is -2.47. The number of carboxylic acids is 1. The highest BCUT2D eigenvalue weighted by molar-refractivity contribution is 5.74. The van der Waals surface area contributed by atoms with Gasteiger partial charge >= 0.3 is 12.0 Å². The summed E-state index contributed by atoms with van der Waals surface area (Å²) in [6.07, 6.45) is 4.75. The van der Waals surface area contributed by atoms with E-state index in [1.807, 2.05) is 11.8 Å². The van der Waals surface area contributed by atoms with Crippen LogP contribution < -0.4 is 5.32 Å². The van der Waals surface area contributed by atoms with Crippen molar-refractivity contribution in [3.63, 3.8) is 0 Å². The minimum absolute atomic E-state index is 0.106. The monoisotopic (exact) mass is 281 g/mol. The van der Waals surface area contributed by atoms with Crippen LogP contribution >= 0.6 is 0 Å². The summed E-state index contributed by atoms with van der Waals surface area (Å²) in [4.78, 5) is 24.4. The van der Waals surface area contributed by atoms with Gasteiger partial charge < -0.3 is 15.3 Å². The number of carbonyl (C=O) groups excluding carboxylic acids is 1. The van der Waals surface area contributed by atoms with Crippen LogP contribution in [0.1, 0.15) is 31.9 Å². The highest BCUT2D eigenvalue weighted by atomic mass is 16.4. The Morgan fingerprint density at radius 1 is 1.50 bits per heavy atom. The van der Waals surface area contributed by atoms with E-state index >= 15 is 0 Å². The van der Waals surface area contributed by atoms with Gasteiger partial charge in [-0.15, -0.1) is 5.10 Å². The molecule has 8 heteroatoms. The second kappa shape index (κ2) is 6.36. The normalized spacial score (nSPS) is 18.9. The molecule has 2 amide bonds. The highest BCUT2D eigenvalue weighted by Crippen LogP contribution is 2.16. The summed E-state index contributed by atoms with van der Waals surface area (Å²) in [5.41, 5.74) is 0.546. The predicted octanol–water partition coefficient (Wildman–Crippen LogP) is 0.447. The predicted molar refractivity (Wildman–Crippen MR) is 69.9 cm³/mol. The summed E-state index contributed by atoms with van der Waals surface area (Å²) in [6, 6.07) is 0.149. The molecule has 8 nitrogen and oxygen atoms in total. The van der Waals surface area contributed by atoms with Gasteiger partial charge in [0.05, 0.1) is 12.7 Å². The lowest BCUT2D eigenvalue weighted by molar-refractivity contribution is -0.137. The number of carbonyl (C=O) groups is 2. The van der Waals surface area contributed by atoms with Gasteiger partial charge in [0, 0.05) is 12.6 Å². The van der Waals surface area contributed by atoms with Crippen molar-refractivity contribution in [1.82, 2.24) is 25.2 Å². The molecule has 0 aliphatic carbocycles. The van der Waals surface area contributed by atoms with E-state index in [4.69, 9.17) is 5.11 Å². The molecule has 1 unspecified atom stereocenters. The van der Waals surface area contributed by atoms with Crippen LogP contribution in [-0.2, 0) is 17.9 Å². The van der Waals surface area contributed by atoms with E-state index in [0.717, 1.165) is 25.8 Å². The second-order valence-corrected chi connectivity index (χ2v) is 5.00. The molecule has 2 rings (SSSR count). The number of rotatable bonds is 4. The molecule has 0 radical (unpaired) electrons. The third kappa shape index (κ3) is 3.69. The number of nitrogens with zero attached hydrogens (tertiary/aromatic N) is 4. The van der Waals surface area contributed by atoms with Crippen LogP contribution in [0.3, 0.4) is 0 Å². The van der Waals surface area contributed by atoms with Crippen LogP contribution in [0, 0.1) is 0 Å². The van der Waals surface area contributed by atoms with Crippen molar-refractivity contribution in [3.05, 3.63) is 11.9 Å². The maximum absolute atomic E-state index is 12.0. The Balaban J connectivity index is 1.83. The summed E-state index contributed by atoms with van der Waals surface area (Å²) in [7, 11) is 0. The molecule has 0 spiro atoms. The Labute approximate surface area is 116 Å². The van der Waals surface area contributed by atoms with E-state index < -0.39 is 5.97 Å². The standard InChI is InChI=1S/C12H19N5O3/c1-9-4-2-3-5-17(9)12(20)13-6-10-7-16(15-14-10)8-11(18)19/h7,9H,2-6,8H2,1H3,(H,13,20)(H,18,19).